The zero-order valence-corrected chi connectivity index (χ0v) is 20.4. The number of nitrogens with one attached hydrogen (secondary N) is 1. The molecule has 4 aromatic rings. The number of hydrogen-bond acceptors (Lipinski definition) is 9. The molecule has 1 aromatic carbocycles. The van der Waals surface area contributed by atoms with Crippen LogP contribution in [-0.4, -0.2) is 35.7 Å². The Morgan fingerprint density at radius 1 is 1.27 bits per heavy atom. The number of halogens is 1. The van der Waals surface area contributed by atoms with E-state index in [-0.39, 0.29) is 17.1 Å². The normalized spacial score (nSPS) is 12.5. The Bertz CT molecular complexity index is 1590. The highest BCUT2D eigenvalue weighted by Gasteiger charge is 2.33. The molecule has 0 aliphatic rings. The molecule has 2 N–H and O–H groups in total. The van der Waals surface area contributed by atoms with Crippen LogP contribution in [0.3, 0.4) is 0 Å². The molecule has 0 aliphatic heterocycles. The molecule has 2 atom stereocenters. The van der Waals surface area contributed by atoms with Gasteiger partial charge in [0.15, 0.2) is 5.69 Å². The van der Waals surface area contributed by atoms with Gasteiger partial charge in [-0.1, -0.05) is 12.1 Å². The van der Waals surface area contributed by atoms with Crippen molar-refractivity contribution in [3.63, 3.8) is 0 Å². The van der Waals surface area contributed by atoms with E-state index in [0.29, 0.717) is 22.6 Å². The van der Waals surface area contributed by atoms with Crippen LogP contribution in [0.15, 0.2) is 46.2 Å². The lowest BCUT2D eigenvalue weighted by Crippen LogP contribution is -2.30. The summed E-state index contributed by atoms with van der Waals surface area (Å²) in [6.45, 7) is 5.19. The van der Waals surface area contributed by atoms with Gasteiger partial charge in [-0.05, 0) is 37.6 Å². The van der Waals surface area contributed by atoms with E-state index >= 15 is 0 Å². The Morgan fingerprint density at radius 2 is 2.03 bits per heavy atom. The van der Waals surface area contributed by atoms with Crippen molar-refractivity contribution in [2.45, 2.75) is 32.6 Å². The van der Waals surface area contributed by atoms with Gasteiger partial charge in [-0.15, -0.1) is 0 Å². The van der Waals surface area contributed by atoms with Gasteiger partial charge in [0.25, 0.3) is 11.5 Å². The average Bonchev–Trinajstić information content (AvgIpc) is 3.38. The molecule has 0 unspecified atom stereocenters. The monoisotopic (exact) mass is 503 g/mol. The van der Waals surface area contributed by atoms with E-state index < -0.39 is 40.6 Å². The summed E-state index contributed by atoms with van der Waals surface area (Å²) in [5, 5.41) is 26.2. The van der Waals surface area contributed by atoms with Crippen molar-refractivity contribution in [1.82, 2.24) is 24.7 Å². The molecule has 3 aromatic heterocycles. The standard InChI is InChI=1S/C25H22FN7O4/c1-12-9-28-14(3)20(30-12)19(18-7-16(26)6-5-15(18)8-27)13(2)23-32-21(22(34)25(36)33(23)4)24(35)31-17-10-29-37-11-17/h5-7,9-11,13,19,34H,1-4H3,(H,31,35)/t13-,19-/m1/s1. The number of aryl methyl sites for hydroxylation is 2. The summed E-state index contributed by atoms with van der Waals surface area (Å²) in [6.07, 6.45) is 3.99. The molecule has 0 bridgehead atoms. The highest BCUT2D eigenvalue weighted by Crippen LogP contribution is 2.39. The first-order chi connectivity index (χ1) is 17.6. The third-order valence-corrected chi connectivity index (χ3v) is 5.99. The summed E-state index contributed by atoms with van der Waals surface area (Å²) in [6, 6.07) is 5.86. The Kier molecular flexibility index (Phi) is 6.79. The minimum absolute atomic E-state index is 0.0964. The molecule has 188 valence electrons. The van der Waals surface area contributed by atoms with Crippen molar-refractivity contribution < 1.29 is 18.8 Å². The molecule has 4 rings (SSSR count). The molecule has 11 nitrogen and oxygen atoms in total. The molecule has 3 heterocycles. The smallest absolute Gasteiger partial charge is 0.296 e. The van der Waals surface area contributed by atoms with Gasteiger partial charge in [0.2, 0.25) is 5.75 Å². The lowest BCUT2D eigenvalue weighted by atomic mass is 9.80. The first-order valence-electron chi connectivity index (χ1n) is 11.1. The number of nitrogens with zero attached hydrogens (tertiary/aromatic N) is 6. The molecule has 0 fully saturated rings. The molecular formula is C25H22FN7O4. The van der Waals surface area contributed by atoms with Crippen molar-refractivity contribution in [2.75, 3.05) is 5.32 Å². The van der Waals surface area contributed by atoms with Gasteiger partial charge < -0.3 is 14.9 Å². The van der Waals surface area contributed by atoms with Crippen molar-refractivity contribution >= 4 is 11.6 Å². The largest absolute Gasteiger partial charge is 0.501 e. The van der Waals surface area contributed by atoms with E-state index in [2.05, 4.69) is 36.0 Å². The van der Waals surface area contributed by atoms with Gasteiger partial charge in [-0.2, -0.15) is 5.26 Å². The third kappa shape index (κ3) is 4.79. The van der Waals surface area contributed by atoms with Crippen LogP contribution in [0.4, 0.5) is 10.1 Å². The highest BCUT2D eigenvalue weighted by molar-refractivity contribution is 6.04. The molecule has 37 heavy (non-hydrogen) atoms. The van der Waals surface area contributed by atoms with Gasteiger partial charge in [-0.3, -0.25) is 24.1 Å². The van der Waals surface area contributed by atoms with E-state index in [4.69, 9.17) is 0 Å². The second-order valence-corrected chi connectivity index (χ2v) is 8.49. The second kappa shape index (κ2) is 9.98. The molecule has 1 amide bonds. The number of anilines is 1. The number of benzene rings is 1. The van der Waals surface area contributed by atoms with E-state index in [9.17, 15) is 24.3 Å². The van der Waals surface area contributed by atoms with E-state index in [1.54, 1.807) is 27.0 Å². The predicted molar refractivity (Wildman–Crippen MR) is 128 cm³/mol. The Labute approximate surface area is 210 Å². The fraction of sp³-hybridized carbons (Fsp3) is 0.240. The number of aromatic hydroxyl groups is 1. The molecule has 0 saturated heterocycles. The maximum atomic E-state index is 14.4. The number of carbonyl (C=O) groups is 1. The Balaban J connectivity index is 1.93. The van der Waals surface area contributed by atoms with Gasteiger partial charge in [0, 0.05) is 25.1 Å². The molecular weight excluding hydrogens is 481 g/mol. The molecule has 12 heteroatoms. The van der Waals surface area contributed by atoms with E-state index in [0.717, 1.165) is 4.57 Å². The lowest BCUT2D eigenvalue weighted by Gasteiger charge is -2.27. The van der Waals surface area contributed by atoms with Crippen molar-refractivity contribution in [3.8, 4) is 11.8 Å². The number of amides is 1. The number of rotatable bonds is 6. The summed E-state index contributed by atoms with van der Waals surface area (Å²) in [5.74, 6) is -3.69. The van der Waals surface area contributed by atoms with Crippen molar-refractivity contribution in [2.24, 2.45) is 7.05 Å². The minimum Gasteiger partial charge on any atom is -0.501 e. The fourth-order valence-corrected chi connectivity index (χ4v) is 4.18. The quantitative estimate of drug-likeness (QED) is 0.403. The Hall–Kier alpha value is -4.92. The number of aromatic nitrogens is 5. The summed E-state index contributed by atoms with van der Waals surface area (Å²) in [7, 11) is 1.39. The summed E-state index contributed by atoms with van der Waals surface area (Å²) >= 11 is 0. The number of hydrogen-bond donors (Lipinski definition) is 2. The van der Waals surface area contributed by atoms with Crippen LogP contribution in [0, 0.1) is 31.0 Å². The van der Waals surface area contributed by atoms with Gasteiger partial charge >= 0.3 is 0 Å². The zero-order valence-electron chi connectivity index (χ0n) is 20.4. The summed E-state index contributed by atoms with van der Waals surface area (Å²) < 4.78 is 20.2. The average molecular weight is 503 g/mol. The Morgan fingerprint density at radius 3 is 2.70 bits per heavy atom. The summed E-state index contributed by atoms with van der Waals surface area (Å²) in [4.78, 5) is 39.1. The molecule has 0 radical (unpaired) electrons. The number of nitriles is 1. The van der Waals surface area contributed by atoms with E-state index in [1.165, 1.54) is 37.7 Å². The fourth-order valence-electron chi connectivity index (χ4n) is 4.18. The number of carbonyl (C=O) groups excluding carboxylic acids is 1. The third-order valence-electron chi connectivity index (χ3n) is 5.99. The van der Waals surface area contributed by atoms with Crippen LogP contribution in [0.1, 0.15) is 63.3 Å². The SMILES string of the molecule is Cc1cnc(C)c([C@@H](c2cc(F)ccc2C#N)[C@@H](C)c2nc(C(=O)Nc3cnoc3)c(O)c(=O)n2C)n1. The van der Waals surface area contributed by atoms with Crippen LogP contribution in [0.2, 0.25) is 0 Å². The second-order valence-electron chi connectivity index (χ2n) is 8.49. The first kappa shape index (κ1) is 25.2. The van der Waals surface area contributed by atoms with Crippen LogP contribution in [0.25, 0.3) is 0 Å². The van der Waals surface area contributed by atoms with Gasteiger partial charge in [0.05, 0.1) is 34.9 Å². The maximum absolute atomic E-state index is 14.4. The topological polar surface area (TPSA) is 160 Å². The minimum atomic E-state index is -0.863. The van der Waals surface area contributed by atoms with Crippen LogP contribution >= 0.6 is 0 Å². The predicted octanol–water partition coefficient (Wildman–Crippen LogP) is 3.08. The molecule has 0 spiro atoms. The van der Waals surface area contributed by atoms with E-state index in [1.807, 2.05) is 0 Å². The van der Waals surface area contributed by atoms with Crippen LogP contribution in [0.5, 0.6) is 5.75 Å². The van der Waals surface area contributed by atoms with Crippen molar-refractivity contribution in [1.29, 1.82) is 5.26 Å². The highest BCUT2D eigenvalue weighted by atomic mass is 19.1. The maximum Gasteiger partial charge on any atom is 0.296 e. The molecule has 0 saturated carbocycles. The van der Waals surface area contributed by atoms with Gasteiger partial charge in [-0.25, -0.2) is 9.37 Å². The van der Waals surface area contributed by atoms with Crippen LogP contribution < -0.4 is 10.9 Å². The van der Waals surface area contributed by atoms with Gasteiger partial charge in [0.1, 0.15) is 23.6 Å². The lowest BCUT2D eigenvalue weighted by molar-refractivity contribution is 0.101. The summed E-state index contributed by atoms with van der Waals surface area (Å²) in [5.41, 5.74) is 0.912. The van der Waals surface area contributed by atoms with Crippen molar-refractivity contribution in [3.05, 3.63) is 92.8 Å². The zero-order chi connectivity index (χ0) is 26.9. The van der Waals surface area contributed by atoms with Crippen LogP contribution in [-0.2, 0) is 7.05 Å². The first-order valence-corrected chi connectivity index (χ1v) is 11.1. The molecule has 0 aliphatic carbocycles.